The van der Waals surface area contributed by atoms with Gasteiger partial charge in [-0.15, -0.1) is 0 Å². The van der Waals surface area contributed by atoms with Crippen LogP contribution in [0.5, 0.6) is 0 Å². The average molecular weight is 343 g/mol. The highest BCUT2D eigenvalue weighted by Crippen LogP contribution is 2.34. The van der Waals surface area contributed by atoms with Crippen molar-refractivity contribution in [2.24, 2.45) is 13.0 Å². The number of anilines is 1. The van der Waals surface area contributed by atoms with Crippen LogP contribution in [-0.2, 0) is 16.6 Å². The van der Waals surface area contributed by atoms with Crippen molar-refractivity contribution in [1.82, 2.24) is 19.7 Å². The van der Waals surface area contributed by atoms with Crippen LogP contribution in [0.25, 0.3) is 10.3 Å². The Bertz CT molecular complexity index is 841. The molecular weight excluding hydrogens is 326 g/mol. The number of rotatable bonds is 3. The second-order valence-corrected chi connectivity index (χ2v) is 6.73. The number of thiazole rings is 1. The van der Waals surface area contributed by atoms with E-state index in [9.17, 15) is 4.79 Å². The third-order valence-electron chi connectivity index (χ3n) is 4.21. The van der Waals surface area contributed by atoms with E-state index >= 15 is 0 Å². The second kappa shape index (κ2) is 6.29. The Kier molecular flexibility index (Phi) is 3.99. The zero-order chi connectivity index (χ0) is 16.5. The molecule has 0 aliphatic carbocycles. The number of fused-ring (bicyclic) bond motifs is 1. The van der Waals surface area contributed by atoms with Gasteiger partial charge in [-0.2, -0.15) is 5.10 Å². The van der Waals surface area contributed by atoms with Crippen LogP contribution in [-0.4, -0.2) is 32.3 Å². The Morgan fingerprint density at radius 2 is 2.33 bits per heavy atom. The summed E-state index contributed by atoms with van der Waals surface area (Å²) < 4.78 is 7.64. The molecule has 1 fully saturated rings. The van der Waals surface area contributed by atoms with E-state index in [2.05, 4.69) is 20.4 Å². The molecule has 1 saturated heterocycles. The minimum atomic E-state index is -0.279. The van der Waals surface area contributed by atoms with E-state index in [4.69, 9.17) is 4.74 Å². The van der Waals surface area contributed by atoms with Crippen molar-refractivity contribution >= 4 is 32.7 Å². The Hall–Kier alpha value is -2.32. The lowest BCUT2D eigenvalue weighted by molar-refractivity contribution is -0.129. The topological polar surface area (TPSA) is 81.9 Å². The molecule has 1 N–H and O–H groups in total. The lowest BCUT2D eigenvalue weighted by atomic mass is 9.91. The molecule has 0 bridgehead atoms. The van der Waals surface area contributed by atoms with Crippen molar-refractivity contribution in [3.8, 4) is 0 Å². The van der Waals surface area contributed by atoms with Gasteiger partial charge in [0.2, 0.25) is 5.91 Å². The van der Waals surface area contributed by atoms with Crippen LogP contribution in [0.15, 0.2) is 30.6 Å². The van der Waals surface area contributed by atoms with Crippen LogP contribution in [0.4, 0.5) is 5.13 Å². The Morgan fingerprint density at radius 1 is 1.42 bits per heavy atom. The monoisotopic (exact) mass is 343 g/mol. The molecule has 4 heterocycles. The Labute approximate surface area is 142 Å². The number of ether oxygens (including phenoxy) is 1. The van der Waals surface area contributed by atoms with Crippen LogP contribution in [0.1, 0.15) is 24.6 Å². The lowest BCUT2D eigenvalue weighted by Gasteiger charge is -2.30. The van der Waals surface area contributed by atoms with E-state index in [0.717, 1.165) is 28.9 Å². The number of aryl methyl sites for hydroxylation is 1. The molecule has 1 aliphatic rings. The van der Waals surface area contributed by atoms with Crippen LogP contribution < -0.4 is 5.32 Å². The van der Waals surface area contributed by atoms with Gasteiger partial charge >= 0.3 is 0 Å². The fraction of sp³-hybridized carbons (Fsp3) is 0.375. The summed E-state index contributed by atoms with van der Waals surface area (Å²) in [4.78, 5) is 22.3. The molecule has 1 amide bonds. The molecule has 7 nitrogen and oxygen atoms in total. The van der Waals surface area contributed by atoms with E-state index in [0.29, 0.717) is 11.7 Å². The summed E-state index contributed by atoms with van der Waals surface area (Å²) in [5.41, 5.74) is 1.71. The SMILES string of the molecule is Cn1nccc1[C@@H]1OCCC[C@H]1C(=O)Nc1nc2cccnc2s1. The number of pyridine rings is 1. The maximum Gasteiger partial charge on any atom is 0.232 e. The fourth-order valence-corrected chi connectivity index (χ4v) is 3.84. The number of carbonyl (C=O) groups is 1. The molecule has 24 heavy (non-hydrogen) atoms. The van der Waals surface area contributed by atoms with Crippen molar-refractivity contribution in [1.29, 1.82) is 0 Å². The highest BCUT2D eigenvalue weighted by Gasteiger charge is 2.35. The summed E-state index contributed by atoms with van der Waals surface area (Å²) >= 11 is 1.38. The van der Waals surface area contributed by atoms with Gasteiger partial charge in [-0.3, -0.25) is 9.48 Å². The first-order valence-corrected chi connectivity index (χ1v) is 8.66. The van der Waals surface area contributed by atoms with E-state index in [1.807, 2.05) is 25.2 Å². The maximum atomic E-state index is 12.8. The highest BCUT2D eigenvalue weighted by molar-refractivity contribution is 7.21. The number of nitrogens with zero attached hydrogens (tertiary/aromatic N) is 4. The Morgan fingerprint density at radius 3 is 3.12 bits per heavy atom. The second-order valence-electron chi connectivity index (χ2n) is 5.76. The molecule has 8 heteroatoms. The summed E-state index contributed by atoms with van der Waals surface area (Å²) in [6.07, 6.45) is 4.82. The number of carbonyl (C=O) groups excluding carboxylic acids is 1. The van der Waals surface area contributed by atoms with E-state index in [1.165, 1.54) is 11.3 Å². The largest absolute Gasteiger partial charge is 0.371 e. The summed E-state index contributed by atoms with van der Waals surface area (Å²) in [7, 11) is 1.86. The Balaban J connectivity index is 1.56. The van der Waals surface area contributed by atoms with Gasteiger partial charge < -0.3 is 10.1 Å². The predicted molar refractivity (Wildman–Crippen MR) is 90.7 cm³/mol. The number of aromatic nitrogens is 4. The smallest absolute Gasteiger partial charge is 0.232 e. The molecular formula is C16H17N5O2S. The summed E-state index contributed by atoms with van der Waals surface area (Å²) in [6.45, 7) is 0.657. The molecule has 0 saturated carbocycles. The normalized spacial score (nSPS) is 21.0. The van der Waals surface area contributed by atoms with Crippen LogP contribution in [0.3, 0.4) is 0 Å². The molecule has 3 aromatic heterocycles. The predicted octanol–water partition coefficient (Wildman–Crippen LogP) is 2.53. The molecule has 0 spiro atoms. The first-order valence-electron chi connectivity index (χ1n) is 7.84. The zero-order valence-corrected chi connectivity index (χ0v) is 14.0. The van der Waals surface area contributed by atoms with Gasteiger partial charge in [-0.05, 0) is 31.0 Å². The van der Waals surface area contributed by atoms with Gasteiger partial charge in [0, 0.05) is 26.0 Å². The third kappa shape index (κ3) is 2.78. The lowest BCUT2D eigenvalue weighted by Crippen LogP contribution is -2.34. The van der Waals surface area contributed by atoms with Crippen molar-refractivity contribution in [2.45, 2.75) is 18.9 Å². The van der Waals surface area contributed by atoms with E-state index < -0.39 is 0 Å². The maximum absolute atomic E-state index is 12.8. The first kappa shape index (κ1) is 15.2. The van der Waals surface area contributed by atoms with Gasteiger partial charge in [0.05, 0.1) is 11.6 Å². The molecule has 4 rings (SSSR count). The van der Waals surface area contributed by atoms with E-state index in [-0.39, 0.29) is 17.9 Å². The number of hydrogen-bond acceptors (Lipinski definition) is 6. The van der Waals surface area contributed by atoms with Crippen molar-refractivity contribution in [3.63, 3.8) is 0 Å². The fourth-order valence-electron chi connectivity index (χ4n) is 3.03. The quantitative estimate of drug-likeness (QED) is 0.790. The van der Waals surface area contributed by atoms with Gasteiger partial charge in [0.25, 0.3) is 0 Å². The van der Waals surface area contributed by atoms with Crippen LogP contribution in [0, 0.1) is 5.92 Å². The van der Waals surface area contributed by atoms with Gasteiger partial charge in [0.15, 0.2) is 5.13 Å². The van der Waals surface area contributed by atoms with Crippen molar-refractivity contribution in [3.05, 3.63) is 36.3 Å². The minimum Gasteiger partial charge on any atom is -0.371 e. The van der Waals surface area contributed by atoms with Gasteiger partial charge in [-0.1, -0.05) is 11.3 Å². The molecule has 0 unspecified atom stereocenters. The molecule has 0 radical (unpaired) electrons. The van der Waals surface area contributed by atoms with Gasteiger partial charge in [0.1, 0.15) is 16.5 Å². The number of hydrogen-bond donors (Lipinski definition) is 1. The van der Waals surface area contributed by atoms with E-state index in [1.54, 1.807) is 17.1 Å². The first-order chi connectivity index (χ1) is 11.7. The third-order valence-corrected chi connectivity index (χ3v) is 5.10. The molecule has 0 aromatic carbocycles. The molecule has 2 atom stereocenters. The van der Waals surface area contributed by atoms with Crippen LogP contribution >= 0.6 is 11.3 Å². The molecule has 124 valence electrons. The standard InChI is InChI=1S/C16H17N5O2S/c1-21-12(6-8-18-21)13-10(4-3-9-23-13)14(22)20-16-19-11-5-2-7-17-15(11)24-16/h2,5-8,10,13H,3-4,9H2,1H3,(H,19,20,22)/t10-,13-/m1/s1. The van der Waals surface area contributed by atoms with Crippen molar-refractivity contribution in [2.75, 3.05) is 11.9 Å². The number of amides is 1. The van der Waals surface area contributed by atoms with Crippen molar-refractivity contribution < 1.29 is 9.53 Å². The zero-order valence-electron chi connectivity index (χ0n) is 13.2. The average Bonchev–Trinajstić information content (AvgIpc) is 3.20. The summed E-state index contributed by atoms with van der Waals surface area (Å²) in [5.74, 6) is -0.325. The molecule has 3 aromatic rings. The number of nitrogens with one attached hydrogen (secondary N) is 1. The van der Waals surface area contributed by atoms with Gasteiger partial charge in [-0.25, -0.2) is 9.97 Å². The van der Waals surface area contributed by atoms with Crippen LogP contribution in [0.2, 0.25) is 0 Å². The molecule has 1 aliphatic heterocycles. The summed E-state index contributed by atoms with van der Waals surface area (Å²) in [6, 6.07) is 5.62. The minimum absolute atomic E-state index is 0.0695. The highest BCUT2D eigenvalue weighted by atomic mass is 32.1. The summed E-state index contributed by atoms with van der Waals surface area (Å²) in [5, 5.41) is 7.69.